The zero-order chi connectivity index (χ0) is 23.0. The van der Waals surface area contributed by atoms with Crippen LogP contribution in [0.15, 0.2) is 54.9 Å². The van der Waals surface area contributed by atoms with Gasteiger partial charge in [-0.25, -0.2) is 13.4 Å². The average Bonchev–Trinajstić information content (AvgIpc) is 3.70. The first-order valence-electron chi connectivity index (χ1n) is 11.2. The summed E-state index contributed by atoms with van der Waals surface area (Å²) in [5.74, 6) is 0.393. The second-order valence-corrected chi connectivity index (χ2v) is 10.8. The van der Waals surface area contributed by atoms with Gasteiger partial charge in [0.1, 0.15) is 11.8 Å². The minimum atomic E-state index is -3.30. The molecular formula is C24H26N4O4S. The van der Waals surface area contributed by atoms with Gasteiger partial charge in [0.25, 0.3) is 5.91 Å². The van der Waals surface area contributed by atoms with E-state index in [0.717, 1.165) is 23.6 Å². The van der Waals surface area contributed by atoms with Crippen LogP contribution >= 0.6 is 0 Å². The zero-order valence-electron chi connectivity index (χ0n) is 18.4. The maximum absolute atomic E-state index is 13.1. The standard InChI is InChI=1S/C24H26N4O4S/c1-27(33(30,31)20-7-8-20)18-6-9-22(26-16-18)32-19-11-14-28(15-12-19)24(29)23-21-5-3-2-4-17(21)10-13-25-23/h2-6,9-10,13,16,19-20H,7-8,11-12,14-15H2,1H3. The maximum Gasteiger partial charge on any atom is 0.273 e. The van der Waals surface area contributed by atoms with Crippen LogP contribution in [0.2, 0.25) is 0 Å². The highest BCUT2D eigenvalue weighted by Crippen LogP contribution is 2.33. The first kappa shape index (κ1) is 21.6. The summed E-state index contributed by atoms with van der Waals surface area (Å²) >= 11 is 0. The molecule has 9 heteroatoms. The number of rotatable bonds is 6. The smallest absolute Gasteiger partial charge is 0.273 e. The van der Waals surface area contributed by atoms with E-state index in [2.05, 4.69) is 9.97 Å². The van der Waals surface area contributed by atoms with Crippen LogP contribution in [-0.4, -0.2) is 60.7 Å². The summed E-state index contributed by atoms with van der Waals surface area (Å²) in [5.41, 5.74) is 1.01. The molecule has 1 aliphatic carbocycles. The summed E-state index contributed by atoms with van der Waals surface area (Å²) in [7, 11) is -1.74. The molecule has 3 heterocycles. The van der Waals surface area contributed by atoms with Gasteiger partial charge in [-0.3, -0.25) is 14.1 Å². The molecule has 0 atom stereocenters. The van der Waals surface area contributed by atoms with Crippen molar-refractivity contribution in [2.24, 2.45) is 0 Å². The molecular weight excluding hydrogens is 440 g/mol. The number of fused-ring (bicyclic) bond motifs is 1. The van der Waals surface area contributed by atoms with Gasteiger partial charge in [-0.05, 0) is 30.4 Å². The van der Waals surface area contributed by atoms with Gasteiger partial charge in [-0.1, -0.05) is 24.3 Å². The van der Waals surface area contributed by atoms with Gasteiger partial charge in [0.05, 0.1) is 17.1 Å². The molecule has 0 bridgehead atoms. The highest BCUT2D eigenvalue weighted by molar-refractivity contribution is 7.93. The van der Waals surface area contributed by atoms with Gasteiger partial charge in [0, 0.05) is 50.6 Å². The lowest BCUT2D eigenvalue weighted by molar-refractivity contribution is 0.0584. The molecule has 172 valence electrons. The van der Waals surface area contributed by atoms with E-state index in [1.807, 2.05) is 35.2 Å². The van der Waals surface area contributed by atoms with E-state index in [4.69, 9.17) is 4.74 Å². The number of carbonyl (C=O) groups is 1. The molecule has 0 N–H and O–H groups in total. The Hall–Kier alpha value is -3.20. The third kappa shape index (κ3) is 4.37. The van der Waals surface area contributed by atoms with Gasteiger partial charge >= 0.3 is 0 Å². The number of likely N-dealkylation sites (tertiary alicyclic amines) is 1. The molecule has 0 spiro atoms. The fourth-order valence-corrected chi connectivity index (χ4v) is 5.73. The average molecular weight is 467 g/mol. The van der Waals surface area contributed by atoms with E-state index < -0.39 is 10.0 Å². The summed E-state index contributed by atoms with van der Waals surface area (Å²) in [5, 5.41) is 1.59. The highest BCUT2D eigenvalue weighted by atomic mass is 32.2. The molecule has 2 aliphatic rings. The molecule has 1 aliphatic heterocycles. The minimum Gasteiger partial charge on any atom is -0.474 e. The lowest BCUT2D eigenvalue weighted by Crippen LogP contribution is -2.42. The molecule has 1 saturated carbocycles. The molecule has 5 rings (SSSR count). The number of benzene rings is 1. The summed E-state index contributed by atoms with van der Waals surface area (Å²) in [6, 6.07) is 13.1. The van der Waals surface area contributed by atoms with Crippen molar-refractivity contribution in [3.8, 4) is 5.88 Å². The van der Waals surface area contributed by atoms with Crippen molar-refractivity contribution < 1.29 is 17.9 Å². The summed E-state index contributed by atoms with van der Waals surface area (Å²) in [6.07, 6.45) is 5.97. The lowest BCUT2D eigenvalue weighted by Gasteiger charge is -2.32. The van der Waals surface area contributed by atoms with E-state index in [-0.39, 0.29) is 17.3 Å². The molecule has 33 heavy (non-hydrogen) atoms. The van der Waals surface area contributed by atoms with E-state index in [0.29, 0.717) is 43.2 Å². The van der Waals surface area contributed by atoms with Crippen LogP contribution in [-0.2, 0) is 10.0 Å². The van der Waals surface area contributed by atoms with Crippen molar-refractivity contribution in [2.75, 3.05) is 24.4 Å². The van der Waals surface area contributed by atoms with E-state index in [9.17, 15) is 13.2 Å². The molecule has 1 amide bonds. The second kappa shape index (κ2) is 8.62. The first-order chi connectivity index (χ1) is 15.9. The molecule has 2 fully saturated rings. The zero-order valence-corrected chi connectivity index (χ0v) is 19.2. The van der Waals surface area contributed by atoms with Crippen LogP contribution in [0.4, 0.5) is 5.69 Å². The maximum atomic E-state index is 13.1. The third-order valence-corrected chi connectivity index (χ3v) is 8.59. The Labute approximate surface area is 193 Å². The monoisotopic (exact) mass is 466 g/mol. The number of aromatic nitrogens is 2. The highest BCUT2D eigenvalue weighted by Gasteiger charge is 2.39. The Balaban J connectivity index is 1.19. The Morgan fingerprint density at radius 1 is 1.03 bits per heavy atom. The van der Waals surface area contributed by atoms with E-state index in [1.165, 1.54) is 10.5 Å². The predicted molar refractivity (Wildman–Crippen MR) is 126 cm³/mol. The lowest BCUT2D eigenvalue weighted by atomic mass is 10.1. The van der Waals surface area contributed by atoms with Crippen molar-refractivity contribution in [3.63, 3.8) is 0 Å². The predicted octanol–water partition coefficient (Wildman–Crippen LogP) is 3.24. The number of anilines is 1. The number of nitrogens with zero attached hydrogens (tertiary/aromatic N) is 4. The molecule has 1 saturated heterocycles. The fraction of sp³-hybridized carbons (Fsp3) is 0.375. The van der Waals surface area contributed by atoms with Crippen LogP contribution in [0.25, 0.3) is 10.8 Å². The van der Waals surface area contributed by atoms with Gasteiger partial charge in [0.15, 0.2) is 0 Å². The van der Waals surface area contributed by atoms with Gasteiger partial charge in [-0.2, -0.15) is 0 Å². The quantitative estimate of drug-likeness (QED) is 0.554. The Morgan fingerprint density at radius 3 is 2.48 bits per heavy atom. The molecule has 8 nitrogen and oxygen atoms in total. The van der Waals surface area contributed by atoms with Crippen LogP contribution < -0.4 is 9.04 Å². The Bertz CT molecular complexity index is 1260. The summed E-state index contributed by atoms with van der Waals surface area (Å²) in [6.45, 7) is 1.16. The normalized spacial score (nSPS) is 17.2. The number of amides is 1. The number of pyridine rings is 2. The summed E-state index contributed by atoms with van der Waals surface area (Å²) in [4.78, 5) is 23.5. The van der Waals surface area contributed by atoms with Gasteiger partial charge in [-0.15, -0.1) is 0 Å². The molecule has 0 radical (unpaired) electrons. The number of sulfonamides is 1. The number of piperidine rings is 1. The van der Waals surface area contributed by atoms with E-state index >= 15 is 0 Å². The molecule has 2 aromatic heterocycles. The minimum absolute atomic E-state index is 0.0548. The van der Waals surface area contributed by atoms with Gasteiger partial charge < -0.3 is 9.64 Å². The Kier molecular flexibility index (Phi) is 5.65. The van der Waals surface area contributed by atoms with Crippen LogP contribution in [0.3, 0.4) is 0 Å². The van der Waals surface area contributed by atoms with Crippen molar-refractivity contribution in [1.82, 2.24) is 14.9 Å². The summed E-state index contributed by atoms with van der Waals surface area (Å²) < 4.78 is 32.1. The topological polar surface area (TPSA) is 92.7 Å². The first-order valence-corrected chi connectivity index (χ1v) is 12.7. The number of ether oxygens (including phenoxy) is 1. The number of hydrogen-bond donors (Lipinski definition) is 0. The van der Waals surface area contributed by atoms with Crippen molar-refractivity contribution in [3.05, 3.63) is 60.6 Å². The second-order valence-electron chi connectivity index (χ2n) is 8.56. The third-order valence-electron chi connectivity index (χ3n) is 6.30. The van der Waals surface area contributed by atoms with Gasteiger partial charge in [0.2, 0.25) is 15.9 Å². The Morgan fingerprint density at radius 2 is 1.79 bits per heavy atom. The molecule has 1 aromatic carbocycles. The van der Waals surface area contributed by atoms with Crippen LogP contribution in [0, 0.1) is 0 Å². The van der Waals surface area contributed by atoms with Crippen molar-refractivity contribution in [1.29, 1.82) is 0 Å². The van der Waals surface area contributed by atoms with Crippen LogP contribution in [0.5, 0.6) is 5.88 Å². The fourth-order valence-electron chi connectivity index (χ4n) is 4.15. The molecule has 3 aromatic rings. The number of carbonyl (C=O) groups excluding carboxylic acids is 1. The van der Waals surface area contributed by atoms with Crippen molar-refractivity contribution >= 4 is 32.4 Å². The largest absolute Gasteiger partial charge is 0.474 e. The van der Waals surface area contributed by atoms with E-state index in [1.54, 1.807) is 25.4 Å². The number of hydrogen-bond acceptors (Lipinski definition) is 6. The molecule has 0 unspecified atom stereocenters. The SMILES string of the molecule is CN(c1ccc(OC2CCN(C(=O)c3nccc4ccccc34)CC2)nc1)S(=O)(=O)C1CC1. The van der Waals surface area contributed by atoms with Crippen molar-refractivity contribution in [2.45, 2.75) is 37.0 Å². The van der Waals surface area contributed by atoms with Crippen LogP contribution in [0.1, 0.15) is 36.2 Å².